The SMILES string of the molecule is CCCON=Cc1c(COc2cc(CC(=O)O)ccc2C)noc1-c1ccc(OC(F)(F)F)cc1. The molecular weight excluding hydrogens is 469 g/mol. The quantitative estimate of drug-likeness (QED) is 0.214. The molecule has 0 aliphatic heterocycles. The molecular formula is C24H23F3N2O6. The molecule has 0 aliphatic carbocycles. The van der Waals surface area contributed by atoms with E-state index in [-0.39, 0.29) is 24.5 Å². The molecule has 0 saturated carbocycles. The topological polar surface area (TPSA) is 103 Å². The molecule has 0 fully saturated rings. The average molecular weight is 492 g/mol. The summed E-state index contributed by atoms with van der Waals surface area (Å²) < 4.78 is 52.6. The number of alkyl halides is 3. The Balaban J connectivity index is 1.86. The van der Waals surface area contributed by atoms with Crippen LogP contribution in [0.1, 0.15) is 35.7 Å². The average Bonchev–Trinajstić information content (AvgIpc) is 3.19. The van der Waals surface area contributed by atoms with Crippen molar-refractivity contribution in [1.82, 2.24) is 5.16 Å². The van der Waals surface area contributed by atoms with E-state index in [1.165, 1.54) is 18.3 Å². The summed E-state index contributed by atoms with van der Waals surface area (Å²) >= 11 is 0. The maximum Gasteiger partial charge on any atom is 0.573 e. The Labute approximate surface area is 198 Å². The number of carboxylic acids is 1. The number of carboxylic acid groups (broad SMARTS) is 1. The third kappa shape index (κ3) is 7.49. The predicted octanol–water partition coefficient (Wildman–Crippen LogP) is 5.52. The lowest BCUT2D eigenvalue weighted by atomic mass is 10.1. The lowest BCUT2D eigenvalue weighted by molar-refractivity contribution is -0.274. The molecule has 1 aromatic heterocycles. The largest absolute Gasteiger partial charge is 0.573 e. The molecule has 8 nitrogen and oxygen atoms in total. The van der Waals surface area contributed by atoms with Crippen molar-refractivity contribution < 1.29 is 41.9 Å². The van der Waals surface area contributed by atoms with Crippen LogP contribution in [-0.2, 0) is 22.7 Å². The number of benzene rings is 2. The number of aliphatic carboxylic acids is 1. The number of carbonyl (C=O) groups is 1. The highest BCUT2D eigenvalue weighted by Gasteiger charge is 2.31. The van der Waals surface area contributed by atoms with Gasteiger partial charge in [-0.1, -0.05) is 29.4 Å². The summed E-state index contributed by atoms with van der Waals surface area (Å²) in [6.07, 6.45) is -2.80. The van der Waals surface area contributed by atoms with Crippen LogP contribution in [0, 0.1) is 6.92 Å². The third-order valence-corrected chi connectivity index (χ3v) is 4.68. The molecule has 3 aromatic rings. The summed E-state index contributed by atoms with van der Waals surface area (Å²) in [6, 6.07) is 10.2. The molecule has 0 amide bonds. The van der Waals surface area contributed by atoms with Crippen molar-refractivity contribution >= 4 is 12.2 Å². The minimum absolute atomic E-state index is 0.0364. The van der Waals surface area contributed by atoms with Gasteiger partial charge >= 0.3 is 12.3 Å². The van der Waals surface area contributed by atoms with Crippen LogP contribution in [0.4, 0.5) is 13.2 Å². The fraction of sp³-hybridized carbons (Fsp3) is 0.292. The normalized spacial score (nSPS) is 11.6. The molecule has 186 valence electrons. The number of hydrogen-bond donors (Lipinski definition) is 1. The first-order chi connectivity index (χ1) is 16.7. The Morgan fingerprint density at radius 3 is 2.60 bits per heavy atom. The first-order valence-corrected chi connectivity index (χ1v) is 10.6. The van der Waals surface area contributed by atoms with Gasteiger partial charge < -0.3 is 23.9 Å². The molecule has 0 spiro atoms. The second kappa shape index (κ2) is 11.4. The number of halogens is 3. The minimum atomic E-state index is -4.80. The van der Waals surface area contributed by atoms with Gasteiger partial charge in [0, 0.05) is 5.56 Å². The monoisotopic (exact) mass is 492 g/mol. The summed E-state index contributed by atoms with van der Waals surface area (Å²) in [4.78, 5) is 16.2. The molecule has 1 heterocycles. The van der Waals surface area contributed by atoms with Crippen LogP contribution in [0.3, 0.4) is 0 Å². The van der Waals surface area contributed by atoms with E-state index in [0.29, 0.717) is 34.7 Å². The number of aryl methyl sites for hydroxylation is 1. The predicted molar refractivity (Wildman–Crippen MR) is 119 cm³/mol. The molecule has 0 bridgehead atoms. The summed E-state index contributed by atoms with van der Waals surface area (Å²) in [5.74, 6) is -0.602. The maximum atomic E-state index is 12.4. The zero-order valence-corrected chi connectivity index (χ0v) is 19.0. The third-order valence-electron chi connectivity index (χ3n) is 4.68. The Kier molecular flexibility index (Phi) is 8.34. The number of ether oxygens (including phenoxy) is 2. The number of aromatic nitrogens is 1. The minimum Gasteiger partial charge on any atom is -0.487 e. The van der Waals surface area contributed by atoms with Crippen LogP contribution >= 0.6 is 0 Å². The number of rotatable bonds is 11. The highest BCUT2D eigenvalue weighted by Crippen LogP contribution is 2.30. The molecule has 2 aromatic carbocycles. The first-order valence-electron chi connectivity index (χ1n) is 10.6. The van der Waals surface area contributed by atoms with E-state index in [2.05, 4.69) is 15.0 Å². The number of hydrogen-bond acceptors (Lipinski definition) is 7. The fourth-order valence-corrected chi connectivity index (χ4v) is 3.05. The standard InChI is InChI=1S/C24H23F3N2O6/c1-3-10-33-28-13-19-20(14-32-21-11-16(12-22(30)31)5-4-15(21)2)29-35-23(19)17-6-8-18(9-7-17)34-24(25,26)27/h4-9,11,13H,3,10,12,14H2,1-2H3,(H,30,31). The van der Waals surface area contributed by atoms with Gasteiger partial charge in [0.15, 0.2) is 5.76 Å². The molecule has 0 aliphatic rings. The van der Waals surface area contributed by atoms with E-state index < -0.39 is 12.3 Å². The Hall–Kier alpha value is -4.02. The summed E-state index contributed by atoms with van der Waals surface area (Å²) in [7, 11) is 0. The molecule has 3 rings (SSSR count). The van der Waals surface area contributed by atoms with Crippen LogP contribution < -0.4 is 9.47 Å². The van der Waals surface area contributed by atoms with Crippen LogP contribution in [-0.4, -0.2) is 35.4 Å². The Morgan fingerprint density at radius 1 is 1.20 bits per heavy atom. The van der Waals surface area contributed by atoms with Crippen molar-refractivity contribution in [2.75, 3.05) is 6.61 Å². The lowest BCUT2D eigenvalue weighted by Gasteiger charge is -2.10. The van der Waals surface area contributed by atoms with E-state index in [0.717, 1.165) is 24.1 Å². The van der Waals surface area contributed by atoms with E-state index >= 15 is 0 Å². The highest BCUT2D eigenvalue weighted by atomic mass is 19.4. The smallest absolute Gasteiger partial charge is 0.487 e. The second-order valence-corrected chi connectivity index (χ2v) is 7.47. The maximum absolute atomic E-state index is 12.4. The van der Waals surface area contributed by atoms with Crippen LogP contribution in [0.2, 0.25) is 0 Å². The van der Waals surface area contributed by atoms with Gasteiger partial charge in [-0.3, -0.25) is 4.79 Å². The zero-order chi connectivity index (χ0) is 25.4. The van der Waals surface area contributed by atoms with Crippen LogP contribution in [0.25, 0.3) is 11.3 Å². The van der Waals surface area contributed by atoms with Crippen molar-refractivity contribution in [3.63, 3.8) is 0 Å². The highest BCUT2D eigenvalue weighted by molar-refractivity contribution is 5.89. The van der Waals surface area contributed by atoms with E-state index in [1.54, 1.807) is 18.2 Å². The van der Waals surface area contributed by atoms with E-state index in [9.17, 15) is 18.0 Å². The fourth-order valence-electron chi connectivity index (χ4n) is 3.05. The Bertz CT molecular complexity index is 1170. The van der Waals surface area contributed by atoms with Gasteiger partial charge in [0.1, 0.15) is 30.4 Å². The molecule has 0 saturated heterocycles. The Morgan fingerprint density at radius 2 is 1.94 bits per heavy atom. The van der Waals surface area contributed by atoms with Gasteiger partial charge in [-0.25, -0.2) is 0 Å². The molecule has 0 atom stereocenters. The molecule has 0 unspecified atom stereocenters. The van der Waals surface area contributed by atoms with Crippen LogP contribution in [0.15, 0.2) is 52.1 Å². The van der Waals surface area contributed by atoms with Crippen molar-refractivity contribution in [2.24, 2.45) is 5.16 Å². The van der Waals surface area contributed by atoms with Crippen molar-refractivity contribution in [3.05, 3.63) is 64.8 Å². The van der Waals surface area contributed by atoms with Gasteiger partial charge in [-0.05, 0) is 54.8 Å². The zero-order valence-electron chi connectivity index (χ0n) is 19.0. The van der Waals surface area contributed by atoms with Gasteiger partial charge in [0.2, 0.25) is 0 Å². The molecule has 11 heteroatoms. The lowest BCUT2D eigenvalue weighted by Crippen LogP contribution is -2.16. The van der Waals surface area contributed by atoms with Gasteiger partial charge in [0.05, 0.1) is 18.2 Å². The number of nitrogens with zero attached hydrogens (tertiary/aromatic N) is 2. The molecule has 1 N–H and O–H groups in total. The second-order valence-electron chi connectivity index (χ2n) is 7.47. The first kappa shape index (κ1) is 25.6. The summed E-state index contributed by atoms with van der Waals surface area (Å²) in [5.41, 5.74) is 2.60. The van der Waals surface area contributed by atoms with Gasteiger partial charge in [-0.15, -0.1) is 13.2 Å². The van der Waals surface area contributed by atoms with Gasteiger partial charge in [-0.2, -0.15) is 0 Å². The van der Waals surface area contributed by atoms with Crippen molar-refractivity contribution in [1.29, 1.82) is 0 Å². The summed E-state index contributed by atoms with van der Waals surface area (Å²) in [5, 5.41) is 17.0. The van der Waals surface area contributed by atoms with E-state index in [4.69, 9.17) is 19.2 Å². The summed E-state index contributed by atoms with van der Waals surface area (Å²) in [6.45, 7) is 4.10. The number of oxime groups is 1. The molecule has 35 heavy (non-hydrogen) atoms. The van der Waals surface area contributed by atoms with Gasteiger partial charge in [0.25, 0.3) is 0 Å². The van der Waals surface area contributed by atoms with Crippen LogP contribution in [0.5, 0.6) is 11.5 Å². The molecule has 0 radical (unpaired) electrons. The van der Waals surface area contributed by atoms with Crippen molar-refractivity contribution in [2.45, 2.75) is 39.7 Å². The van der Waals surface area contributed by atoms with E-state index in [1.807, 2.05) is 13.8 Å². The van der Waals surface area contributed by atoms with Crippen molar-refractivity contribution in [3.8, 4) is 22.8 Å².